The molecule has 1 aliphatic rings. The molecule has 4 heteroatoms. The molecule has 20 heavy (non-hydrogen) atoms. The molecular formula is C16H18FN3. The van der Waals surface area contributed by atoms with Gasteiger partial charge in [-0.3, -0.25) is 14.9 Å². The molecule has 0 amide bonds. The normalized spacial score (nSPS) is 19.9. The predicted molar refractivity (Wildman–Crippen MR) is 75.7 cm³/mol. The smallest absolute Gasteiger partial charge is 0.127 e. The van der Waals surface area contributed by atoms with E-state index in [1.54, 1.807) is 18.5 Å². The minimum absolute atomic E-state index is 0.117. The number of halogens is 1. The van der Waals surface area contributed by atoms with E-state index in [2.05, 4.69) is 14.9 Å². The third-order valence-electron chi connectivity index (χ3n) is 3.86. The van der Waals surface area contributed by atoms with Gasteiger partial charge in [-0.05, 0) is 25.5 Å². The van der Waals surface area contributed by atoms with Crippen LogP contribution in [0.1, 0.15) is 30.0 Å². The molecule has 0 saturated carbocycles. The van der Waals surface area contributed by atoms with Crippen LogP contribution in [0, 0.1) is 5.82 Å². The van der Waals surface area contributed by atoms with E-state index in [4.69, 9.17) is 0 Å². The number of hydrogen-bond acceptors (Lipinski definition) is 3. The second kappa shape index (κ2) is 6.09. The summed E-state index contributed by atoms with van der Waals surface area (Å²) >= 11 is 0. The van der Waals surface area contributed by atoms with E-state index >= 15 is 0 Å². The zero-order chi connectivity index (χ0) is 13.8. The number of likely N-dealkylation sites (tertiary alicyclic amines) is 1. The Morgan fingerprint density at radius 2 is 2.15 bits per heavy atom. The molecule has 3 nitrogen and oxygen atoms in total. The van der Waals surface area contributed by atoms with Crippen molar-refractivity contribution in [1.82, 2.24) is 14.9 Å². The molecule has 1 aliphatic heterocycles. The van der Waals surface area contributed by atoms with E-state index in [0.717, 1.165) is 37.2 Å². The molecule has 1 saturated heterocycles. The van der Waals surface area contributed by atoms with Crippen molar-refractivity contribution in [2.24, 2.45) is 0 Å². The van der Waals surface area contributed by atoms with Gasteiger partial charge in [-0.1, -0.05) is 18.2 Å². The summed E-state index contributed by atoms with van der Waals surface area (Å²) in [5, 5.41) is 0. The summed E-state index contributed by atoms with van der Waals surface area (Å²) in [6, 6.07) is 7.01. The first kappa shape index (κ1) is 13.2. The highest BCUT2D eigenvalue weighted by molar-refractivity contribution is 5.17. The van der Waals surface area contributed by atoms with Crippen molar-refractivity contribution in [3.8, 4) is 0 Å². The Kier molecular flexibility index (Phi) is 4.02. The van der Waals surface area contributed by atoms with Crippen molar-refractivity contribution in [3.05, 3.63) is 59.9 Å². The number of benzene rings is 1. The summed E-state index contributed by atoms with van der Waals surface area (Å²) in [4.78, 5) is 10.8. The van der Waals surface area contributed by atoms with Gasteiger partial charge >= 0.3 is 0 Å². The molecule has 104 valence electrons. The Morgan fingerprint density at radius 3 is 2.95 bits per heavy atom. The molecule has 2 aromatic rings. The Bertz CT molecular complexity index is 559. The highest BCUT2D eigenvalue weighted by Gasteiger charge is 2.22. The van der Waals surface area contributed by atoms with Crippen LogP contribution in [0.4, 0.5) is 4.39 Å². The Morgan fingerprint density at radius 1 is 1.25 bits per heavy atom. The maximum atomic E-state index is 13.7. The van der Waals surface area contributed by atoms with Gasteiger partial charge in [-0.25, -0.2) is 4.39 Å². The molecule has 0 spiro atoms. The zero-order valence-electron chi connectivity index (χ0n) is 11.4. The minimum Gasteiger partial charge on any atom is -0.298 e. The van der Waals surface area contributed by atoms with E-state index in [-0.39, 0.29) is 5.82 Å². The van der Waals surface area contributed by atoms with E-state index in [1.165, 1.54) is 6.07 Å². The maximum Gasteiger partial charge on any atom is 0.127 e. The summed E-state index contributed by atoms with van der Waals surface area (Å²) in [6.45, 7) is 2.61. The van der Waals surface area contributed by atoms with Crippen LogP contribution in [0.25, 0.3) is 0 Å². The van der Waals surface area contributed by atoms with Crippen molar-refractivity contribution in [3.63, 3.8) is 0 Å². The number of aromatic nitrogens is 2. The second-order valence-electron chi connectivity index (χ2n) is 5.30. The maximum absolute atomic E-state index is 13.7. The van der Waals surface area contributed by atoms with Crippen molar-refractivity contribution in [2.75, 3.05) is 13.1 Å². The standard InChI is InChI=1S/C16H18FN3/c17-15-6-2-1-4-13(15)11-20-9-3-5-14(12-20)16-10-18-7-8-19-16/h1-2,4,6-8,10,14H,3,5,9,11-12H2/t14-/m0/s1. The third-order valence-corrected chi connectivity index (χ3v) is 3.86. The lowest BCUT2D eigenvalue weighted by atomic mass is 9.94. The molecule has 0 N–H and O–H groups in total. The SMILES string of the molecule is Fc1ccccc1CN1CCC[C@H](c2cnccn2)C1. The molecule has 0 bridgehead atoms. The van der Waals surface area contributed by atoms with Gasteiger partial charge in [0.25, 0.3) is 0 Å². The van der Waals surface area contributed by atoms with Crippen molar-refractivity contribution >= 4 is 0 Å². The fourth-order valence-electron chi connectivity index (χ4n) is 2.83. The zero-order valence-corrected chi connectivity index (χ0v) is 11.4. The summed E-state index contributed by atoms with van der Waals surface area (Å²) in [5.74, 6) is 0.290. The highest BCUT2D eigenvalue weighted by atomic mass is 19.1. The van der Waals surface area contributed by atoms with Crippen LogP contribution in [0.2, 0.25) is 0 Å². The fraction of sp³-hybridized carbons (Fsp3) is 0.375. The summed E-state index contributed by atoms with van der Waals surface area (Å²) in [6.07, 6.45) is 7.54. The summed E-state index contributed by atoms with van der Waals surface area (Å²) < 4.78 is 13.7. The topological polar surface area (TPSA) is 29.0 Å². The largest absolute Gasteiger partial charge is 0.298 e. The lowest BCUT2D eigenvalue weighted by molar-refractivity contribution is 0.196. The van der Waals surface area contributed by atoms with Crippen LogP contribution in [-0.2, 0) is 6.54 Å². The Labute approximate surface area is 118 Å². The van der Waals surface area contributed by atoms with Crippen LogP contribution >= 0.6 is 0 Å². The first-order chi connectivity index (χ1) is 9.83. The van der Waals surface area contributed by atoms with Crippen molar-refractivity contribution in [2.45, 2.75) is 25.3 Å². The van der Waals surface area contributed by atoms with Crippen LogP contribution in [-0.4, -0.2) is 28.0 Å². The van der Waals surface area contributed by atoms with Gasteiger partial charge in [0, 0.05) is 43.2 Å². The molecule has 3 rings (SSSR count). The lowest BCUT2D eigenvalue weighted by Gasteiger charge is -2.32. The molecule has 1 aromatic carbocycles. The van der Waals surface area contributed by atoms with E-state index in [1.807, 2.05) is 18.3 Å². The van der Waals surface area contributed by atoms with Gasteiger partial charge in [0.05, 0.1) is 5.69 Å². The molecule has 0 aliphatic carbocycles. The molecular weight excluding hydrogens is 253 g/mol. The Balaban J connectivity index is 1.68. The van der Waals surface area contributed by atoms with Crippen LogP contribution < -0.4 is 0 Å². The quantitative estimate of drug-likeness (QED) is 0.859. The van der Waals surface area contributed by atoms with Gasteiger partial charge in [0.1, 0.15) is 5.82 Å². The van der Waals surface area contributed by atoms with E-state index < -0.39 is 0 Å². The molecule has 1 atom stereocenters. The van der Waals surface area contributed by atoms with Gasteiger partial charge in [-0.2, -0.15) is 0 Å². The predicted octanol–water partition coefficient (Wildman–Crippen LogP) is 3.00. The van der Waals surface area contributed by atoms with Gasteiger partial charge < -0.3 is 0 Å². The van der Waals surface area contributed by atoms with Gasteiger partial charge in [0.15, 0.2) is 0 Å². The Hall–Kier alpha value is -1.81. The molecule has 0 radical (unpaired) electrons. The number of rotatable bonds is 3. The van der Waals surface area contributed by atoms with Gasteiger partial charge in [0.2, 0.25) is 0 Å². The first-order valence-electron chi connectivity index (χ1n) is 7.04. The van der Waals surface area contributed by atoms with Crippen molar-refractivity contribution < 1.29 is 4.39 Å². The number of piperidine rings is 1. The van der Waals surface area contributed by atoms with E-state index in [9.17, 15) is 4.39 Å². The lowest BCUT2D eigenvalue weighted by Crippen LogP contribution is -2.34. The summed E-state index contributed by atoms with van der Waals surface area (Å²) in [7, 11) is 0. The molecule has 1 aromatic heterocycles. The average Bonchev–Trinajstić information content (AvgIpc) is 2.51. The van der Waals surface area contributed by atoms with Crippen LogP contribution in [0.5, 0.6) is 0 Å². The molecule has 0 unspecified atom stereocenters. The van der Waals surface area contributed by atoms with E-state index in [0.29, 0.717) is 12.5 Å². The fourth-order valence-corrected chi connectivity index (χ4v) is 2.83. The first-order valence-corrected chi connectivity index (χ1v) is 7.04. The highest BCUT2D eigenvalue weighted by Crippen LogP contribution is 2.26. The van der Waals surface area contributed by atoms with Crippen LogP contribution in [0.3, 0.4) is 0 Å². The third kappa shape index (κ3) is 3.02. The number of nitrogens with zero attached hydrogens (tertiary/aromatic N) is 3. The van der Waals surface area contributed by atoms with Gasteiger partial charge in [-0.15, -0.1) is 0 Å². The number of hydrogen-bond donors (Lipinski definition) is 0. The van der Waals surface area contributed by atoms with Crippen LogP contribution in [0.15, 0.2) is 42.9 Å². The second-order valence-corrected chi connectivity index (χ2v) is 5.30. The minimum atomic E-state index is -0.117. The van der Waals surface area contributed by atoms with Crippen molar-refractivity contribution in [1.29, 1.82) is 0 Å². The molecule has 1 fully saturated rings. The monoisotopic (exact) mass is 271 g/mol. The summed E-state index contributed by atoms with van der Waals surface area (Å²) in [5.41, 5.74) is 1.82. The molecule has 2 heterocycles. The average molecular weight is 271 g/mol.